The highest BCUT2D eigenvalue weighted by Crippen LogP contribution is 2.21. The first kappa shape index (κ1) is 17.6. The highest BCUT2D eigenvalue weighted by atomic mass is 35.5. The molecule has 132 valence electrons. The van der Waals surface area contributed by atoms with Crippen LogP contribution in [0, 0.1) is 0 Å². The number of methoxy groups -OCH3 is 1. The van der Waals surface area contributed by atoms with Gasteiger partial charge in [0.1, 0.15) is 17.2 Å². The number of carbonyl (C=O) groups excluding carboxylic acids is 2. The number of amides is 1. The van der Waals surface area contributed by atoms with Crippen LogP contribution in [0.15, 0.2) is 60.8 Å². The second-order valence-electron chi connectivity index (χ2n) is 5.30. The van der Waals surface area contributed by atoms with Crippen molar-refractivity contribution >= 4 is 29.2 Å². The minimum absolute atomic E-state index is 0.253. The van der Waals surface area contributed by atoms with Crippen molar-refractivity contribution in [3.8, 4) is 11.5 Å². The molecule has 0 aliphatic rings. The van der Waals surface area contributed by atoms with E-state index in [4.69, 9.17) is 21.1 Å². The lowest BCUT2D eigenvalue weighted by molar-refractivity contribution is 0.0729. The minimum Gasteiger partial charge on any atom is -0.496 e. The molecule has 0 fully saturated rings. The fraction of sp³-hybridized carbons (Fsp3) is 0.0526. The van der Waals surface area contributed by atoms with Gasteiger partial charge in [0.2, 0.25) is 0 Å². The van der Waals surface area contributed by atoms with Crippen molar-refractivity contribution in [3.05, 3.63) is 77.1 Å². The number of anilines is 1. The van der Waals surface area contributed by atoms with Crippen molar-refractivity contribution in [2.45, 2.75) is 0 Å². The van der Waals surface area contributed by atoms with Gasteiger partial charge in [0.15, 0.2) is 0 Å². The number of benzene rings is 2. The van der Waals surface area contributed by atoms with Crippen LogP contribution in [-0.2, 0) is 0 Å². The molecular weight excluding hydrogens is 356 g/mol. The van der Waals surface area contributed by atoms with Crippen LogP contribution in [0.1, 0.15) is 20.8 Å². The Hall–Kier alpha value is -3.25. The molecule has 1 amide bonds. The van der Waals surface area contributed by atoms with Crippen molar-refractivity contribution in [1.29, 1.82) is 0 Å². The Morgan fingerprint density at radius 2 is 1.81 bits per heavy atom. The van der Waals surface area contributed by atoms with E-state index in [-0.39, 0.29) is 11.6 Å². The molecule has 0 saturated carbocycles. The third kappa shape index (κ3) is 4.04. The normalized spacial score (nSPS) is 10.2. The molecule has 1 aromatic heterocycles. The molecule has 2 N–H and O–H groups in total. The van der Waals surface area contributed by atoms with E-state index in [2.05, 4.69) is 10.3 Å². The number of halogens is 1. The van der Waals surface area contributed by atoms with Gasteiger partial charge in [-0.2, -0.15) is 0 Å². The number of hydrogen-bond donors (Lipinski definition) is 2. The number of para-hydroxylation sites is 1. The Labute approximate surface area is 154 Å². The van der Waals surface area contributed by atoms with Crippen LogP contribution < -0.4 is 14.8 Å². The lowest BCUT2D eigenvalue weighted by atomic mass is 10.2. The van der Waals surface area contributed by atoms with Crippen LogP contribution in [0.3, 0.4) is 0 Å². The van der Waals surface area contributed by atoms with E-state index in [1.165, 1.54) is 19.4 Å². The molecule has 0 bridgehead atoms. The Morgan fingerprint density at radius 3 is 2.46 bits per heavy atom. The molecule has 1 heterocycles. The number of esters is 1. The van der Waals surface area contributed by atoms with Gasteiger partial charge in [-0.05, 0) is 42.5 Å². The van der Waals surface area contributed by atoms with Gasteiger partial charge in [-0.15, -0.1) is 0 Å². The van der Waals surface area contributed by atoms with Crippen molar-refractivity contribution in [3.63, 3.8) is 0 Å². The van der Waals surface area contributed by atoms with Gasteiger partial charge in [-0.25, -0.2) is 4.79 Å². The Bertz CT molecular complexity index is 935. The summed E-state index contributed by atoms with van der Waals surface area (Å²) in [6, 6.07) is 14.8. The third-order valence-electron chi connectivity index (χ3n) is 3.54. The second-order valence-corrected chi connectivity index (χ2v) is 5.74. The van der Waals surface area contributed by atoms with Crippen molar-refractivity contribution in [2.24, 2.45) is 0 Å². The number of carbonyl (C=O) groups is 2. The zero-order chi connectivity index (χ0) is 18.5. The van der Waals surface area contributed by atoms with Crippen molar-refractivity contribution in [1.82, 2.24) is 4.98 Å². The van der Waals surface area contributed by atoms with Crippen LogP contribution in [0.4, 0.5) is 5.69 Å². The van der Waals surface area contributed by atoms with Gasteiger partial charge >= 0.3 is 5.97 Å². The summed E-state index contributed by atoms with van der Waals surface area (Å²) in [4.78, 5) is 27.0. The molecule has 0 radical (unpaired) electrons. The zero-order valence-corrected chi connectivity index (χ0v) is 14.5. The average molecular weight is 371 g/mol. The summed E-state index contributed by atoms with van der Waals surface area (Å²) in [6.07, 6.45) is 1.49. The summed E-state index contributed by atoms with van der Waals surface area (Å²) in [6.45, 7) is 0. The molecule has 2 aromatic carbocycles. The highest BCUT2D eigenvalue weighted by molar-refractivity contribution is 6.30. The molecule has 7 heteroatoms. The van der Waals surface area contributed by atoms with Crippen molar-refractivity contribution < 1.29 is 19.1 Å². The molecule has 26 heavy (non-hydrogen) atoms. The van der Waals surface area contributed by atoms with E-state index >= 15 is 0 Å². The van der Waals surface area contributed by atoms with Crippen LogP contribution in [-0.4, -0.2) is 24.0 Å². The fourth-order valence-corrected chi connectivity index (χ4v) is 2.45. The first-order valence-corrected chi connectivity index (χ1v) is 8.05. The SMILES string of the molecule is COc1ccccc1C(=O)Nc1ccc(OC(=O)c2cc(Cl)c[nH]2)cc1. The van der Waals surface area contributed by atoms with Gasteiger partial charge in [-0.3, -0.25) is 4.79 Å². The van der Waals surface area contributed by atoms with Crippen LogP contribution in [0.5, 0.6) is 11.5 Å². The summed E-state index contributed by atoms with van der Waals surface area (Å²) in [7, 11) is 1.51. The molecule has 0 aliphatic carbocycles. The fourth-order valence-electron chi connectivity index (χ4n) is 2.28. The average Bonchev–Trinajstić information content (AvgIpc) is 3.10. The summed E-state index contributed by atoms with van der Waals surface area (Å²) < 4.78 is 10.4. The Kier molecular flexibility index (Phi) is 5.24. The molecule has 3 rings (SSSR count). The van der Waals surface area contributed by atoms with Gasteiger partial charge in [0.25, 0.3) is 5.91 Å². The van der Waals surface area contributed by atoms with Crippen LogP contribution in [0.25, 0.3) is 0 Å². The van der Waals surface area contributed by atoms with Crippen LogP contribution >= 0.6 is 11.6 Å². The number of H-pyrrole nitrogens is 1. The maximum Gasteiger partial charge on any atom is 0.360 e. The lowest BCUT2D eigenvalue weighted by Crippen LogP contribution is -2.13. The quantitative estimate of drug-likeness (QED) is 0.522. The lowest BCUT2D eigenvalue weighted by Gasteiger charge is -2.09. The maximum absolute atomic E-state index is 12.4. The topological polar surface area (TPSA) is 80.4 Å². The predicted molar refractivity (Wildman–Crippen MR) is 98.2 cm³/mol. The monoisotopic (exact) mass is 370 g/mol. The van der Waals surface area contributed by atoms with E-state index in [9.17, 15) is 9.59 Å². The molecule has 0 saturated heterocycles. The Balaban J connectivity index is 1.66. The number of hydrogen-bond acceptors (Lipinski definition) is 4. The summed E-state index contributed by atoms with van der Waals surface area (Å²) in [5.41, 5.74) is 1.24. The largest absolute Gasteiger partial charge is 0.496 e. The first-order valence-electron chi connectivity index (χ1n) is 7.67. The zero-order valence-electron chi connectivity index (χ0n) is 13.8. The summed E-state index contributed by atoms with van der Waals surface area (Å²) >= 11 is 5.76. The number of aromatic amines is 1. The predicted octanol–water partition coefficient (Wildman–Crippen LogP) is 4.15. The van der Waals surface area contributed by atoms with E-state index in [1.54, 1.807) is 48.5 Å². The standard InChI is InChI=1S/C19H15ClN2O4/c1-25-17-5-3-2-4-15(17)18(23)22-13-6-8-14(9-7-13)26-19(24)16-10-12(20)11-21-16/h2-11,21H,1H3,(H,22,23). The van der Waals surface area contributed by atoms with E-state index in [0.717, 1.165) is 0 Å². The van der Waals surface area contributed by atoms with Crippen molar-refractivity contribution in [2.75, 3.05) is 12.4 Å². The molecule has 0 unspecified atom stereocenters. The molecular formula is C19H15ClN2O4. The van der Waals surface area contributed by atoms with E-state index < -0.39 is 5.97 Å². The number of aromatic nitrogens is 1. The molecule has 0 atom stereocenters. The molecule has 0 spiro atoms. The van der Waals surface area contributed by atoms with Crippen LogP contribution in [0.2, 0.25) is 5.02 Å². The highest BCUT2D eigenvalue weighted by Gasteiger charge is 2.13. The first-order chi connectivity index (χ1) is 12.6. The minimum atomic E-state index is -0.553. The molecule has 6 nitrogen and oxygen atoms in total. The van der Waals surface area contributed by atoms with Gasteiger partial charge in [0.05, 0.1) is 17.7 Å². The summed E-state index contributed by atoms with van der Waals surface area (Å²) in [5, 5.41) is 3.19. The van der Waals surface area contributed by atoms with Gasteiger partial charge in [0, 0.05) is 11.9 Å². The van der Waals surface area contributed by atoms with Gasteiger partial charge < -0.3 is 19.8 Å². The number of ether oxygens (including phenoxy) is 2. The summed E-state index contributed by atoms with van der Waals surface area (Å²) in [5.74, 6) is -0.0212. The molecule has 0 aliphatic heterocycles. The third-order valence-corrected chi connectivity index (χ3v) is 3.76. The maximum atomic E-state index is 12.4. The van der Waals surface area contributed by atoms with E-state index in [1.807, 2.05) is 0 Å². The number of rotatable bonds is 5. The Morgan fingerprint density at radius 1 is 1.08 bits per heavy atom. The number of nitrogens with one attached hydrogen (secondary N) is 2. The van der Waals surface area contributed by atoms with Gasteiger partial charge in [-0.1, -0.05) is 23.7 Å². The van der Waals surface area contributed by atoms with E-state index in [0.29, 0.717) is 27.8 Å². The molecule has 3 aromatic rings. The second kappa shape index (κ2) is 7.76. The smallest absolute Gasteiger partial charge is 0.360 e.